The van der Waals surface area contributed by atoms with Crippen molar-refractivity contribution in [1.82, 2.24) is 19.3 Å². The van der Waals surface area contributed by atoms with E-state index in [-0.39, 0.29) is 5.56 Å². The van der Waals surface area contributed by atoms with Gasteiger partial charge in [0.05, 0.1) is 16.4 Å². The lowest BCUT2D eigenvalue weighted by Gasteiger charge is -2.23. The minimum Gasteiger partial charge on any atom is -0.381 e. The van der Waals surface area contributed by atoms with Gasteiger partial charge in [0.15, 0.2) is 0 Å². The first-order valence-corrected chi connectivity index (χ1v) is 10.6. The van der Waals surface area contributed by atoms with Gasteiger partial charge in [-0.3, -0.25) is 4.79 Å². The number of hydrogen-bond acceptors (Lipinski definition) is 5. The highest BCUT2D eigenvalue weighted by atomic mass is 35.5. The van der Waals surface area contributed by atoms with Crippen molar-refractivity contribution in [1.29, 1.82) is 0 Å². The highest BCUT2D eigenvalue weighted by Crippen LogP contribution is 2.28. The average Bonchev–Trinajstić information content (AvgIpc) is 3.20. The first-order chi connectivity index (χ1) is 14.5. The van der Waals surface area contributed by atoms with E-state index >= 15 is 0 Å². The minimum atomic E-state index is -0.0142. The van der Waals surface area contributed by atoms with Gasteiger partial charge in [0.2, 0.25) is 0 Å². The molecule has 7 nitrogen and oxygen atoms in total. The van der Waals surface area contributed by atoms with Crippen molar-refractivity contribution in [3.05, 3.63) is 58.2 Å². The summed E-state index contributed by atoms with van der Waals surface area (Å²) in [5.74, 6) is 1.14. The summed E-state index contributed by atoms with van der Waals surface area (Å²) in [6, 6.07) is 7.44. The van der Waals surface area contributed by atoms with Crippen LogP contribution in [0, 0.1) is 5.92 Å². The molecule has 4 heterocycles. The van der Waals surface area contributed by atoms with Gasteiger partial charge in [-0.2, -0.15) is 5.10 Å². The van der Waals surface area contributed by atoms with Crippen LogP contribution in [0.25, 0.3) is 16.9 Å². The number of hydrogen-bond donors (Lipinski definition) is 1. The quantitative estimate of drug-likeness (QED) is 0.643. The zero-order valence-electron chi connectivity index (χ0n) is 17.2. The Bertz CT molecular complexity index is 1070. The van der Waals surface area contributed by atoms with Crippen molar-refractivity contribution in [2.45, 2.75) is 39.3 Å². The maximum atomic E-state index is 12.1. The Labute approximate surface area is 180 Å². The topological polar surface area (TPSA) is 74.0 Å². The van der Waals surface area contributed by atoms with Crippen molar-refractivity contribution in [2.24, 2.45) is 5.92 Å². The van der Waals surface area contributed by atoms with Crippen molar-refractivity contribution in [2.75, 3.05) is 18.5 Å². The lowest BCUT2D eigenvalue weighted by Crippen LogP contribution is -2.28. The second-order valence-electron chi connectivity index (χ2n) is 8.00. The van der Waals surface area contributed by atoms with Gasteiger partial charge in [-0.15, -0.1) is 0 Å². The molecule has 8 heteroatoms. The van der Waals surface area contributed by atoms with Gasteiger partial charge in [0.25, 0.3) is 5.56 Å². The molecule has 0 aromatic carbocycles. The van der Waals surface area contributed by atoms with Crippen LogP contribution >= 0.6 is 11.6 Å². The SMILES string of the molecule is CC(C)Cn1cc(-n2ccc(-c3cnc(NC4CCOCC4)cc3Cl)n2)ccc1=O. The highest BCUT2D eigenvalue weighted by Gasteiger charge is 2.15. The number of pyridine rings is 2. The van der Waals surface area contributed by atoms with E-state index in [0.717, 1.165) is 48.8 Å². The molecule has 1 aliphatic rings. The van der Waals surface area contributed by atoms with E-state index in [0.29, 0.717) is 23.5 Å². The van der Waals surface area contributed by atoms with Crippen LogP contribution in [0.3, 0.4) is 0 Å². The molecule has 0 amide bonds. The summed E-state index contributed by atoms with van der Waals surface area (Å²) >= 11 is 6.54. The minimum absolute atomic E-state index is 0.0142. The summed E-state index contributed by atoms with van der Waals surface area (Å²) in [6.07, 6.45) is 7.37. The Hall–Kier alpha value is -2.64. The largest absolute Gasteiger partial charge is 0.381 e. The molecule has 0 radical (unpaired) electrons. The number of aromatic nitrogens is 4. The van der Waals surface area contributed by atoms with Crippen LogP contribution in [-0.4, -0.2) is 38.6 Å². The fourth-order valence-electron chi connectivity index (χ4n) is 3.55. The van der Waals surface area contributed by atoms with Gasteiger partial charge in [-0.05, 0) is 37.0 Å². The Morgan fingerprint density at radius 2 is 2.07 bits per heavy atom. The standard InChI is InChI=1S/C22H26ClN5O2/c1-15(2)13-27-14-17(3-4-22(27)29)28-8-5-20(26-28)18-12-24-21(11-19(18)23)25-16-6-9-30-10-7-16/h3-5,8,11-12,14-16H,6-7,9-10,13H2,1-2H3,(H,24,25). The fourth-order valence-corrected chi connectivity index (χ4v) is 3.80. The van der Waals surface area contributed by atoms with Crippen LogP contribution in [0.2, 0.25) is 5.02 Å². The highest BCUT2D eigenvalue weighted by molar-refractivity contribution is 6.33. The second-order valence-corrected chi connectivity index (χ2v) is 8.40. The molecular weight excluding hydrogens is 402 g/mol. The molecule has 158 valence electrons. The van der Waals surface area contributed by atoms with Crippen LogP contribution in [0.5, 0.6) is 0 Å². The van der Waals surface area contributed by atoms with Crippen molar-refractivity contribution in [3.8, 4) is 16.9 Å². The molecule has 0 aliphatic carbocycles. The molecule has 1 aliphatic heterocycles. The lowest BCUT2D eigenvalue weighted by molar-refractivity contribution is 0.0904. The predicted molar refractivity (Wildman–Crippen MR) is 118 cm³/mol. The molecule has 3 aromatic heterocycles. The third-order valence-electron chi connectivity index (χ3n) is 5.09. The van der Waals surface area contributed by atoms with Crippen molar-refractivity contribution in [3.63, 3.8) is 0 Å². The van der Waals surface area contributed by atoms with Gasteiger partial charge in [0, 0.05) is 56.0 Å². The van der Waals surface area contributed by atoms with Gasteiger partial charge in [0.1, 0.15) is 5.82 Å². The third kappa shape index (κ3) is 4.74. The Kier molecular flexibility index (Phi) is 6.20. The average molecular weight is 428 g/mol. The Morgan fingerprint density at radius 1 is 1.27 bits per heavy atom. The first kappa shape index (κ1) is 20.6. The number of ether oxygens (including phenoxy) is 1. The van der Waals surface area contributed by atoms with E-state index in [1.165, 1.54) is 0 Å². The summed E-state index contributed by atoms with van der Waals surface area (Å²) < 4.78 is 8.85. The van der Waals surface area contributed by atoms with E-state index in [9.17, 15) is 4.79 Å². The van der Waals surface area contributed by atoms with Crippen LogP contribution in [0.1, 0.15) is 26.7 Å². The van der Waals surface area contributed by atoms with Crippen LogP contribution in [0.15, 0.2) is 47.7 Å². The van der Waals surface area contributed by atoms with E-state index in [2.05, 4.69) is 29.2 Å². The van der Waals surface area contributed by atoms with Crippen LogP contribution in [-0.2, 0) is 11.3 Å². The third-order valence-corrected chi connectivity index (χ3v) is 5.40. The summed E-state index contributed by atoms with van der Waals surface area (Å²) in [4.78, 5) is 16.6. The molecule has 4 rings (SSSR count). The molecule has 0 unspecified atom stereocenters. The molecule has 0 saturated carbocycles. The van der Waals surface area contributed by atoms with Crippen LogP contribution < -0.4 is 10.9 Å². The van der Waals surface area contributed by atoms with Crippen molar-refractivity contribution >= 4 is 17.4 Å². The van der Waals surface area contributed by atoms with Gasteiger partial charge in [-0.25, -0.2) is 9.67 Å². The predicted octanol–water partition coefficient (Wildman–Crippen LogP) is 4.00. The summed E-state index contributed by atoms with van der Waals surface area (Å²) in [7, 11) is 0. The number of anilines is 1. The molecule has 30 heavy (non-hydrogen) atoms. The van der Waals surface area contributed by atoms with E-state index in [4.69, 9.17) is 16.3 Å². The molecule has 1 saturated heterocycles. The summed E-state index contributed by atoms with van der Waals surface area (Å²) in [5, 5.41) is 8.66. The number of nitrogens with one attached hydrogen (secondary N) is 1. The summed E-state index contributed by atoms with van der Waals surface area (Å²) in [6.45, 7) is 6.37. The van der Waals surface area contributed by atoms with Crippen LogP contribution in [0.4, 0.5) is 5.82 Å². The zero-order valence-corrected chi connectivity index (χ0v) is 18.0. The number of halogens is 1. The number of rotatable bonds is 6. The molecule has 0 atom stereocenters. The molecule has 0 spiro atoms. The smallest absolute Gasteiger partial charge is 0.250 e. The Balaban J connectivity index is 1.54. The Morgan fingerprint density at radius 3 is 2.80 bits per heavy atom. The van der Waals surface area contributed by atoms with E-state index in [1.54, 1.807) is 27.6 Å². The monoisotopic (exact) mass is 427 g/mol. The molecular formula is C22H26ClN5O2. The van der Waals surface area contributed by atoms with Crippen molar-refractivity contribution < 1.29 is 4.74 Å². The van der Waals surface area contributed by atoms with E-state index in [1.807, 2.05) is 24.5 Å². The van der Waals surface area contributed by atoms with E-state index < -0.39 is 0 Å². The number of nitrogens with zero attached hydrogens (tertiary/aromatic N) is 4. The van der Waals surface area contributed by atoms with Gasteiger partial charge < -0.3 is 14.6 Å². The fraction of sp³-hybridized carbons (Fsp3) is 0.409. The normalized spacial score (nSPS) is 14.9. The zero-order chi connectivity index (χ0) is 21.1. The molecule has 3 aromatic rings. The van der Waals surface area contributed by atoms with Gasteiger partial charge >= 0.3 is 0 Å². The maximum Gasteiger partial charge on any atom is 0.250 e. The molecule has 1 fully saturated rings. The van der Waals surface area contributed by atoms with Gasteiger partial charge in [-0.1, -0.05) is 25.4 Å². The first-order valence-electron chi connectivity index (χ1n) is 10.3. The molecule has 0 bridgehead atoms. The maximum absolute atomic E-state index is 12.1. The molecule has 1 N–H and O–H groups in total. The lowest BCUT2D eigenvalue weighted by atomic mass is 10.1. The summed E-state index contributed by atoms with van der Waals surface area (Å²) in [5.41, 5.74) is 2.30. The second kappa shape index (κ2) is 9.02.